The summed E-state index contributed by atoms with van der Waals surface area (Å²) in [5, 5.41) is 10.7. The number of carboxylic acids is 1. The molecule has 1 aliphatic carbocycles. The molecule has 0 aliphatic heterocycles. The number of ether oxygens (including phenoxy) is 1. The van der Waals surface area contributed by atoms with E-state index in [-0.39, 0.29) is 25.0 Å². The van der Waals surface area contributed by atoms with Crippen molar-refractivity contribution in [1.29, 1.82) is 0 Å². The summed E-state index contributed by atoms with van der Waals surface area (Å²) >= 11 is 0. The topological polar surface area (TPSA) is 95.9 Å². The first kappa shape index (κ1) is 26.1. The number of halogens is 3. The van der Waals surface area contributed by atoms with Gasteiger partial charge in [-0.3, -0.25) is 14.9 Å². The molecular weight excluding hydrogens is 465 g/mol. The van der Waals surface area contributed by atoms with Crippen molar-refractivity contribution < 1.29 is 37.4 Å². The number of carbonyl (C=O) groups is 3. The van der Waals surface area contributed by atoms with Gasteiger partial charge in [0.1, 0.15) is 13.2 Å². The molecule has 2 amide bonds. The summed E-state index contributed by atoms with van der Waals surface area (Å²) in [5.41, 5.74) is 0.275. The summed E-state index contributed by atoms with van der Waals surface area (Å²) in [4.78, 5) is 37.1. The third-order valence-electron chi connectivity index (χ3n) is 5.89. The van der Waals surface area contributed by atoms with Crippen LogP contribution in [0, 0.1) is 5.92 Å². The average Bonchev–Trinajstić information content (AvgIpc) is 3.09. The number of fused-ring (bicyclic) bond motifs is 3. The van der Waals surface area contributed by atoms with Crippen LogP contribution in [0.5, 0.6) is 0 Å². The molecule has 1 aliphatic rings. The van der Waals surface area contributed by atoms with Crippen LogP contribution in [0.25, 0.3) is 11.1 Å². The van der Waals surface area contributed by atoms with Gasteiger partial charge in [0.25, 0.3) is 5.91 Å². The van der Waals surface area contributed by atoms with Gasteiger partial charge >= 0.3 is 18.2 Å². The zero-order chi connectivity index (χ0) is 26.0. The second-order valence-corrected chi connectivity index (χ2v) is 9.05. The van der Waals surface area contributed by atoms with E-state index in [0.29, 0.717) is 11.8 Å². The van der Waals surface area contributed by atoms with Crippen LogP contribution in [-0.4, -0.2) is 59.4 Å². The maximum Gasteiger partial charge on any atom is 0.420 e. The molecule has 188 valence electrons. The number of hydrogen-bond acceptors (Lipinski definition) is 4. The molecular formula is C25H27F3N2O5. The summed E-state index contributed by atoms with van der Waals surface area (Å²) in [5.74, 6) is -3.73. The van der Waals surface area contributed by atoms with Crippen molar-refractivity contribution in [3.63, 3.8) is 0 Å². The molecule has 0 saturated heterocycles. The van der Waals surface area contributed by atoms with Crippen LogP contribution in [0.3, 0.4) is 0 Å². The van der Waals surface area contributed by atoms with E-state index in [1.165, 1.54) is 0 Å². The molecule has 7 nitrogen and oxygen atoms in total. The van der Waals surface area contributed by atoms with E-state index in [4.69, 9.17) is 9.84 Å². The molecule has 2 aromatic rings. The second-order valence-electron chi connectivity index (χ2n) is 9.05. The number of carbonyl (C=O) groups excluding carboxylic acids is 2. The highest BCUT2D eigenvalue weighted by Crippen LogP contribution is 2.44. The highest BCUT2D eigenvalue weighted by molar-refractivity contribution is 5.92. The Morgan fingerprint density at radius 3 is 2.00 bits per heavy atom. The summed E-state index contributed by atoms with van der Waals surface area (Å²) < 4.78 is 47.2. The Labute approximate surface area is 200 Å². The summed E-state index contributed by atoms with van der Waals surface area (Å²) in [6.45, 7) is 2.36. The maximum atomic E-state index is 14.0. The number of hydrogen-bond donors (Lipinski definition) is 2. The third-order valence-corrected chi connectivity index (χ3v) is 5.89. The fourth-order valence-electron chi connectivity index (χ4n) is 4.22. The Bertz CT molecular complexity index is 1070. The number of benzene rings is 2. The number of alkyl halides is 3. The maximum absolute atomic E-state index is 14.0. The minimum atomic E-state index is -5.20. The first-order chi connectivity index (χ1) is 16.3. The number of nitrogens with zero attached hydrogens (tertiary/aromatic N) is 1. The number of nitrogens with one attached hydrogen (secondary N) is 1. The van der Waals surface area contributed by atoms with Crippen LogP contribution in [0.4, 0.5) is 18.0 Å². The number of rotatable bonds is 8. The summed E-state index contributed by atoms with van der Waals surface area (Å²) in [6.07, 6.45) is -6.64. The molecule has 35 heavy (non-hydrogen) atoms. The molecule has 2 N–H and O–H groups in total. The van der Waals surface area contributed by atoms with Crippen molar-refractivity contribution in [3.8, 4) is 11.1 Å². The Balaban J connectivity index is 1.80. The Kier molecular flexibility index (Phi) is 7.42. The van der Waals surface area contributed by atoms with Crippen LogP contribution < -0.4 is 5.32 Å². The number of alkyl carbamates (subject to hydrolysis) is 1. The molecule has 0 fully saturated rings. The zero-order valence-corrected chi connectivity index (χ0v) is 19.6. The lowest BCUT2D eigenvalue weighted by molar-refractivity contribution is -0.201. The number of amides is 2. The van der Waals surface area contributed by atoms with Crippen molar-refractivity contribution in [3.05, 3.63) is 59.7 Å². The molecule has 1 unspecified atom stereocenters. The molecule has 3 rings (SSSR count). The molecule has 0 heterocycles. The van der Waals surface area contributed by atoms with E-state index < -0.39 is 36.2 Å². The highest BCUT2D eigenvalue weighted by atomic mass is 19.4. The summed E-state index contributed by atoms with van der Waals surface area (Å²) in [6, 6.07) is 14.9. The van der Waals surface area contributed by atoms with Gasteiger partial charge in [-0.05, 0) is 35.1 Å². The normalized spacial score (nSPS) is 14.6. The number of aliphatic carboxylic acids is 1. The van der Waals surface area contributed by atoms with E-state index in [1.807, 2.05) is 48.5 Å². The van der Waals surface area contributed by atoms with Crippen molar-refractivity contribution >= 4 is 18.0 Å². The first-order valence-electron chi connectivity index (χ1n) is 11.1. The minimum Gasteiger partial charge on any atom is -0.480 e. The average molecular weight is 492 g/mol. The molecule has 0 saturated carbocycles. The van der Waals surface area contributed by atoms with Gasteiger partial charge in [-0.2, -0.15) is 13.2 Å². The van der Waals surface area contributed by atoms with Gasteiger partial charge in [0.2, 0.25) is 5.54 Å². The highest BCUT2D eigenvalue weighted by Gasteiger charge is 2.59. The lowest BCUT2D eigenvalue weighted by Crippen LogP contribution is -2.66. The van der Waals surface area contributed by atoms with Crippen LogP contribution >= 0.6 is 0 Å². The largest absolute Gasteiger partial charge is 0.480 e. The van der Waals surface area contributed by atoms with Crippen LogP contribution in [0.15, 0.2) is 48.5 Å². The molecule has 0 spiro atoms. The number of carboxylic acid groups (broad SMARTS) is 1. The van der Waals surface area contributed by atoms with E-state index in [2.05, 4.69) is 0 Å². The van der Waals surface area contributed by atoms with E-state index in [0.717, 1.165) is 22.3 Å². The standard InChI is InChI=1S/C25H27F3N2O5/c1-15(2)12-30(13-21(31)32)22(33)24(3,25(26,27)28)29-23(34)35-14-20-18-10-6-4-8-16(18)17-9-5-7-11-19(17)20/h4-11,15,20H,12-14H2,1-3H3,(H,29,34)(H,31,32). The fraction of sp³-hybridized carbons (Fsp3) is 0.400. The van der Waals surface area contributed by atoms with E-state index >= 15 is 0 Å². The summed E-state index contributed by atoms with van der Waals surface area (Å²) in [7, 11) is 0. The van der Waals surface area contributed by atoms with Crippen LogP contribution in [0.1, 0.15) is 37.8 Å². The lowest BCUT2D eigenvalue weighted by Gasteiger charge is -2.36. The smallest absolute Gasteiger partial charge is 0.420 e. The Morgan fingerprint density at radius 2 is 1.54 bits per heavy atom. The quantitative estimate of drug-likeness (QED) is 0.569. The van der Waals surface area contributed by atoms with Crippen molar-refractivity contribution in [1.82, 2.24) is 10.2 Å². The molecule has 0 aromatic heterocycles. The van der Waals surface area contributed by atoms with Crippen molar-refractivity contribution in [2.24, 2.45) is 5.92 Å². The minimum absolute atomic E-state index is 0.233. The van der Waals surface area contributed by atoms with Crippen LogP contribution in [0.2, 0.25) is 0 Å². The predicted octanol–water partition coefficient (Wildman–Crippen LogP) is 4.42. The lowest BCUT2D eigenvalue weighted by atomic mass is 9.98. The monoisotopic (exact) mass is 492 g/mol. The van der Waals surface area contributed by atoms with Gasteiger partial charge in [-0.15, -0.1) is 0 Å². The molecule has 0 radical (unpaired) electrons. The van der Waals surface area contributed by atoms with Gasteiger partial charge in [-0.1, -0.05) is 62.4 Å². The fourth-order valence-corrected chi connectivity index (χ4v) is 4.22. The molecule has 10 heteroatoms. The Morgan fingerprint density at radius 1 is 1.03 bits per heavy atom. The molecule has 0 bridgehead atoms. The van der Waals surface area contributed by atoms with Crippen molar-refractivity contribution in [2.45, 2.75) is 38.4 Å². The first-order valence-corrected chi connectivity index (χ1v) is 11.1. The molecule has 1 atom stereocenters. The van der Waals surface area contributed by atoms with Gasteiger partial charge in [0, 0.05) is 12.5 Å². The van der Waals surface area contributed by atoms with Gasteiger partial charge in [0.05, 0.1) is 0 Å². The Hall–Kier alpha value is -3.56. The van der Waals surface area contributed by atoms with E-state index in [9.17, 15) is 27.6 Å². The van der Waals surface area contributed by atoms with E-state index in [1.54, 1.807) is 19.2 Å². The van der Waals surface area contributed by atoms with Crippen molar-refractivity contribution in [2.75, 3.05) is 19.7 Å². The predicted molar refractivity (Wildman–Crippen MR) is 122 cm³/mol. The third kappa shape index (κ3) is 5.41. The van der Waals surface area contributed by atoms with Gasteiger partial charge in [0.15, 0.2) is 0 Å². The zero-order valence-electron chi connectivity index (χ0n) is 19.6. The van der Waals surface area contributed by atoms with Gasteiger partial charge < -0.3 is 14.7 Å². The van der Waals surface area contributed by atoms with Crippen LogP contribution in [-0.2, 0) is 14.3 Å². The SMILES string of the molecule is CC(C)CN(CC(=O)O)C(=O)C(C)(NC(=O)OCC1c2ccccc2-c2ccccc21)C(F)(F)F. The van der Waals surface area contributed by atoms with Gasteiger partial charge in [-0.25, -0.2) is 4.79 Å². The second kappa shape index (κ2) is 9.97. The molecule has 2 aromatic carbocycles.